The first-order chi connectivity index (χ1) is 15.4. The van der Waals surface area contributed by atoms with Crippen LogP contribution in [0.1, 0.15) is 63.4 Å². The first-order valence-corrected chi connectivity index (χ1v) is 12.4. The van der Waals surface area contributed by atoms with Crippen LogP contribution in [-0.4, -0.2) is 72.4 Å². The van der Waals surface area contributed by atoms with E-state index in [4.69, 9.17) is 9.47 Å². The van der Waals surface area contributed by atoms with Crippen LogP contribution in [0.5, 0.6) is 5.75 Å². The van der Waals surface area contributed by atoms with Crippen molar-refractivity contribution in [1.82, 2.24) is 9.80 Å². The predicted molar refractivity (Wildman–Crippen MR) is 126 cm³/mol. The number of hydrogen-bond acceptors (Lipinski definition) is 5. The topological polar surface area (TPSA) is 79.3 Å². The van der Waals surface area contributed by atoms with E-state index in [-0.39, 0.29) is 12.0 Å². The third-order valence-corrected chi connectivity index (χ3v) is 7.21. The van der Waals surface area contributed by atoms with Crippen molar-refractivity contribution in [2.75, 3.05) is 39.9 Å². The Kier molecular flexibility index (Phi) is 8.82. The average molecular weight is 511 g/mol. The molecule has 2 fully saturated rings. The summed E-state index contributed by atoms with van der Waals surface area (Å²) >= 11 is 3.52. The molecule has 1 aliphatic carbocycles. The molecule has 8 heteroatoms. The van der Waals surface area contributed by atoms with Gasteiger partial charge in [0.05, 0.1) is 29.7 Å². The summed E-state index contributed by atoms with van der Waals surface area (Å²) in [5.74, 6) is -0.0377. The van der Waals surface area contributed by atoms with E-state index in [2.05, 4.69) is 22.9 Å². The van der Waals surface area contributed by atoms with Gasteiger partial charge < -0.3 is 24.4 Å². The molecular weight excluding hydrogens is 476 g/mol. The Balaban J connectivity index is 1.75. The molecule has 3 rings (SSSR count). The van der Waals surface area contributed by atoms with Gasteiger partial charge in [0.1, 0.15) is 5.75 Å². The van der Waals surface area contributed by atoms with Gasteiger partial charge in [-0.15, -0.1) is 0 Å². The van der Waals surface area contributed by atoms with Gasteiger partial charge in [-0.2, -0.15) is 0 Å². The lowest BCUT2D eigenvalue weighted by Gasteiger charge is -2.42. The molecule has 0 radical (unpaired) electrons. The van der Waals surface area contributed by atoms with Crippen molar-refractivity contribution in [1.29, 1.82) is 0 Å². The lowest BCUT2D eigenvalue weighted by Crippen LogP contribution is -2.55. The molecule has 0 spiro atoms. The van der Waals surface area contributed by atoms with Crippen LogP contribution in [0.15, 0.2) is 22.7 Å². The second-order valence-corrected chi connectivity index (χ2v) is 9.63. The fourth-order valence-electron chi connectivity index (χ4n) is 4.68. The molecular formula is C24H35BrN2O5. The number of aliphatic hydroxyl groups is 1. The van der Waals surface area contributed by atoms with Crippen molar-refractivity contribution in [3.8, 4) is 5.75 Å². The number of benzene rings is 1. The number of unbranched alkanes of at least 4 members (excludes halogenated alkanes) is 1. The maximum atomic E-state index is 13.7. The summed E-state index contributed by atoms with van der Waals surface area (Å²) in [6, 6.07) is 5.59. The number of halogens is 1. The molecule has 178 valence electrons. The highest BCUT2D eigenvalue weighted by atomic mass is 79.9. The van der Waals surface area contributed by atoms with Gasteiger partial charge in [-0.05, 0) is 52.9 Å². The second kappa shape index (κ2) is 11.4. The number of amides is 2. The summed E-state index contributed by atoms with van der Waals surface area (Å²) in [5, 5.41) is 11.6. The van der Waals surface area contributed by atoms with E-state index in [0.29, 0.717) is 51.4 Å². The molecule has 0 bridgehead atoms. The Labute approximate surface area is 199 Å². The van der Waals surface area contributed by atoms with Gasteiger partial charge in [0.2, 0.25) is 5.91 Å². The summed E-state index contributed by atoms with van der Waals surface area (Å²) in [5.41, 5.74) is -0.284. The van der Waals surface area contributed by atoms with Gasteiger partial charge in [-0.1, -0.05) is 38.7 Å². The number of piperazine rings is 1. The molecule has 1 N–H and O–H groups in total. The Hall–Kier alpha value is -1.80. The minimum absolute atomic E-state index is 0.0783. The van der Waals surface area contributed by atoms with Crippen molar-refractivity contribution < 1.29 is 24.2 Å². The molecule has 1 heterocycles. The lowest BCUT2D eigenvalue weighted by atomic mass is 9.72. The van der Waals surface area contributed by atoms with Gasteiger partial charge in [-0.3, -0.25) is 4.79 Å². The molecule has 32 heavy (non-hydrogen) atoms. The second-order valence-electron chi connectivity index (χ2n) is 8.77. The van der Waals surface area contributed by atoms with E-state index in [1.165, 1.54) is 0 Å². The summed E-state index contributed by atoms with van der Waals surface area (Å²) in [6.07, 6.45) is 5.63. The summed E-state index contributed by atoms with van der Waals surface area (Å²) < 4.78 is 11.4. The Bertz CT molecular complexity index is 789. The van der Waals surface area contributed by atoms with Crippen LogP contribution >= 0.6 is 15.9 Å². The van der Waals surface area contributed by atoms with Crippen LogP contribution in [0.3, 0.4) is 0 Å². The van der Waals surface area contributed by atoms with Gasteiger partial charge in [0.25, 0.3) is 0 Å². The molecule has 1 aromatic rings. The fourth-order valence-corrected chi connectivity index (χ4v) is 5.24. The van der Waals surface area contributed by atoms with Crippen LogP contribution < -0.4 is 4.74 Å². The summed E-state index contributed by atoms with van der Waals surface area (Å²) in [4.78, 5) is 29.4. The van der Waals surface area contributed by atoms with Crippen LogP contribution in [0.25, 0.3) is 0 Å². The molecule has 1 saturated carbocycles. The van der Waals surface area contributed by atoms with E-state index in [0.717, 1.165) is 42.1 Å². The zero-order valence-electron chi connectivity index (χ0n) is 19.1. The number of carbonyl (C=O) groups is 2. The molecule has 0 aromatic heterocycles. The van der Waals surface area contributed by atoms with Gasteiger partial charge in [0, 0.05) is 26.2 Å². The highest BCUT2D eigenvalue weighted by Gasteiger charge is 2.45. The van der Waals surface area contributed by atoms with Crippen molar-refractivity contribution in [3.05, 3.63) is 28.2 Å². The lowest BCUT2D eigenvalue weighted by molar-refractivity contribution is -0.143. The number of rotatable bonds is 7. The van der Waals surface area contributed by atoms with Crippen molar-refractivity contribution >= 4 is 27.9 Å². The largest absolute Gasteiger partial charge is 0.496 e. The molecule has 1 unspecified atom stereocenters. The van der Waals surface area contributed by atoms with Crippen LogP contribution in [-0.2, 0) is 9.53 Å². The number of nitrogens with zero attached hydrogens (tertiary/aromatic N) is 2. The third-order valence-electron chi connectivity index (χ3n) is 6.59. The van der Waals surface area contributed by atoms with Crippen LogP contribution in [0.4, 0.5) is 4.79 Å². The first kappa shape index (κ1) is 24.8. The fraction of sp³-hybridized carbons (Fsp3) is 0.667. The van der Waals surface area contributed by atoms with Gasteiger partial charge >= 0.3 is 6.09 Å². The normalized spacial score (nSPS) is 19.4. The van der Waals surface area contributed by atoms with E-state index < -0.39 is 11.5 Å². The summed E-state index contributed by atoms with van der Waals surface area (Å²) in [7, 11) is 1.60. The first-order valence-electron chi connectivity index (χ1n) is 11.7. The minimum atomic E-state index is -1.07. The molecule has 1 atom stereocenters. The zero-order valence-corrected chi connectivity index (χ0v) is 20.7. The molecule has 1 saturated heterocycles. The molecule has 1 aliphatic heterocycles. The van der Waals surface area contributed by atoms with Gasteiger partial charge in [-0.25, -0.2) is 4.79 Å². The molecule has 7 nitrogen and oxygen atoms in total. The van der Waals surface area contributed by atoms with E-state index in [1.54, 1.807) is 16.9 Å². The van der Waals surface area contributed by atoms with E-state index >= 15 is 0 Å². The standard InChI is InChI=1S/C24H35BrN2O5/c1-3-4-16-32-23(29)27-14-12-26(13-15-27)22(28)21(24(30)10-6-5-7-11-24)18-8-9-20(31-2)19(25)17-18/h8-9,17,21,30H,3-7,10-16H2,1-2H3. The van der Waals surface area contributed by atoms with Crippen molar-refractivity contribution in [2.45, 2.75) is 63.4 Å². The number of ether oxygens (including phenoxy) is 2. The van der Waals surface area contributed by atoms with E-state index in [9.17, 15) is 14.7 Å². The Morgan fingerprint density at radius 1 is 1.12 bits per heavy atom. The Morgan fingerprint density at radius 2 is 1.78 bits per heavy atom. The van der Waals surface area contributed by atoms with Gasteiger partial charge in [0.15, 0.2) is 0 Å². The monoisotopic (exact) mass is 510 g/mol. The zero-order chi connectivity index (χ0) is 23.1. The number of methoxy groups -OCH3 is 1. The smallest absolute Gasteiger partial charge is 0.409 e. The van der Waals surface area contributed by atoms with Crippen molar-refractivity contribution in [3.63, 3.8) is 0 Å². The quantitative estimate of drug-likeness (QED) is 0.552. The third kappa shape index (κ3) is 5.76. The molecule has 2 aliphatic rings. The van der Waals surface area contributed by atoms with Crippen molar-refractivity contribution in [2.24, 2.45) is 0 Å². The highest BCUT2D eigenvalue weighted by molar-refractivity contribution is 9.10. The highest BCUT2D eigenvalue weighted by Crippen LogP contribution is 2.42. The SMILES string of the molecule is CCCCOC(=O)N1CCN(C(=O)C(c2ccc(OC)c(Br)c2)C2(O)CCCCC2)CC1. The Morgan fingerprint density at radius 3 is 2.38 bits per heavy atom. The molecule has 2 amide bonds. The minimum Gasteiger partial charge on any atom is -0.496 e. The van der Waals surface area contributed by atoms with Crippen LogP contribution in [0, 0.1) is 0 Å². The van der Waals surface area contributed by atoms with Crippen LogP contribution in [0.2, 0.25) is 0 Å². The maximum absolute atomic E-state index is 13.7. The summed E-state index contributed by atoms with van der Waals surface area (Å²) in [6.45, 7) is 4.23. The number of hydrogen-bond donors (Lipinski definition) is 1. The predicted octanol–water partition coefficient (Wildman–Crippen LogP) is 4.32. The molecule has 1 aromatic carbocycles. The maximum Gasteiger partial charge on any atom is 0.409 e. The average Bonchev–Trinajstić information content (AvgIpc) is 2.80. The number of carbonyl (C=O) groups excluding carboxylic acids is 2. The van der Waals surface area contributed by atoms with E-state index in [1.807, 2.05) is 18.2 Å².